The number of para-hydroxylation sites is 1. The van der Waals surface area contributed by atoms with Crippen LogP contribution in [0.25, 0.3) is 0 Å². The fourth-order valence-electron chi connectivity index (χ4n) is 1.30. The number of hydrogen-bond acceptors (Lipinski definition) is 3. The molecule has 0 heterocycles. The quantitative estimate of drug-likeness (QED) is 0.467. The van der Waals surface area contributed by atoms with Crippen molar-refractivity contribution in [2.24, 2.45) is 0 Å². The van der Waals surface area contributed by atoms with E-state index in [9.17, 15) is 9.90 Å². The van der Waals surface area contributed by atoms with Crippen LogP contribution in [0.2, 0.25) is 0 Å². The summed E-state index contributed by atoms with van der Waals surface area (Å²) < 4.78 is 4.97. The summed E-state index contributed by atoms with van der Waals surface area (Å²) in [5.74, 6) is -0.339. The first kappa shape index (κ1) is 11.3. The molecular formula is C12H14O3. The zero-order chi connectivity index (χ0) is 11.3. The zero-order valence-corrected chi connectivity index (χ0v) is 8.69. The highest BCUT2D eigenvalue weighted by atomic mass is 16.5. The summed E-state index contributed by atoms with van der Waals surface area (Å²) in [7, 11) is 0. The highest BCUT2D eigenvalue weighted by Gasteiger charge is 2.10. The molecule has 0 aromatic heterocycles. The van der Waals surface area contributed by atoms with Crippen LogP contribution < -0.4 is 4.74 Å². The summed E-state index contributed by atoms with van der Waals surface area (Å²) in [6, 6.07) is 5.05. The summed E-state index contributed by atoms with van der Waals surface area (Å²) in [5, 5.41) is 9.55. The Morgan fingerprint density at radius 3 is 2.93 bits per heavy atom. The summed E-state index contributed by atoms with van der Waals surface area (Å²) in [6.45, 7) is 5.32. The Hall–Kier alpha value is -1.77. The molecule has 0 radical (unpaired) electrons. The molecule has 0 fully saturated rings. The van der Waals surface area contributed by atoms with Gasteiger partial charge in [0.1, 0.15) is 0 Å². The lowest BCUT2D eigenvalue weighted by molar-refractivity contribution is -0.129. The van der Waals surface area contributed by atoms with E-state index in [0.29, 0.717) is 0 Å². The topological polar surface area (TPSA) is 46.5 Å². The second-order valence-corrected chi connectivity index (χ2v) is 3.14. The first-order chi connectivity index (χ1) is 7.19. The van der Waals surface area contributed by atoms with E-state index in [1.54, 1.807) is 6.07 Å². The fourth-order valence-corrected chi connectivity index (χ4v) is 1.30. The van der Waals surface area contributed by atoms with Crippen LogP contribution in [0.5, 0.6) is 11.5 Å². The van der Waals surface area contributed by atoms with Gasteiger partial charge in [-0.3, -0.25) is 0 Å². The highest BCUT2D eigenvalue weighted by molar-refractivity contribution is 5.84. The number of hydrogen-bond donors (Lipinski definition) is 1. The maximum Gasteiger partial charge on any atom is 0.335 e. The average Bonchev–Trinajstić information content (AvgIpc) is 2.23. The molecule has 0 saturated carbocycles. The normalized spacial score (nSPS) is 9.67. The van der Waals surface area contributed by atoms with Gasteiger partial charge in [0, 0.05) is 6.08 Å². The van der Waals surface area contributed by atoms with Crippen LogP contribution in [-0.4, -0.2) is 11.1 Å². The standard InChI is InChI=1S/C12H14O3/c1-3-6-9-7-5-8-10(13)12(9)15-11(14)4-2/h4-5,7-8,13H,2-3,6H2,1H3. The van der Waals surface area contributed by atoms with Crippen molar-refractivity contribution in [3.05, 3.63) is 36.4 Å². The first-order valence-corrected chi connectivity index (χ1v) is 4.84. The third kappa shape index (κ3) is 2.84. The maximum absolute atomic E-state index is 11.0. The lowest BCUT2D eigenvalue weighted by atomic mass is 10.1. The Morgan fingerprint density at radius 2 is 2.33 bits per heavy atom. The molecule has 0 saturated heterocycles. The lowest BCUT2D eigenvalue weighted by Gasteiger charge is -2.09. The van der Waals surface area contributed by atoms with Gasteiger partial charge < -0.3 is 9.84 Å². The number of phenolic OH excluding ortho intramolecular Hbond substituents is 1. The number of benzene rings is 1. The van der Waals surface area contributed by atoms with Crippen molar-refractivity contribution in [1.29, 1.82) is 0 Å². The SMILES string of the molecule is C=CC(=O)Oc1c(O)cccc1CCC. The number of aromatic hydroxyl groups is 1. The number of rotatable bonds is 4. The van der Waals surface area contributed by atoms with Crippen molar-refractivity contribution in [3.63, 3.8) is 0 Å². The third-order valence-corrected chi connectivity index (χ3v) is 1.96. The molecule has 0 aliphatic carbocycles. The van der Waals surface area contributed by atoms with Crippen molar-refractivity contribution in [3.8, 4) is 11.5 Å². The van der Waals surface area contributed by atoms with E-state index in [0.717, 1.165) is 24.5 Å². The van der Waals surface area contributed by atoms with Crippen LogP contribution in [0.15, 0.2) is 30.9 Å². The van der Waals surface area contributed by atoms with E-state index in [1.807, 2.05) is 13.0 Å². The number of esters is 1. The van der Waals surface area contributed by atoms with Gasteiger partial charge in [-0.15, -0.1) is 0 Å². The molecule has 1 aromatic carbocycles. The van der Waals surface area contributed by atoms with E-state index < -0.39 is 5.97 Å². The second kappa shape index (κ2) is 5.20. The molecule has 0 unspecified atom stereocenters. The molecule has 3 heteroatoms. The lowest BCUT2D eigenvalue weighted by Crippen LogP contribution is -2.05. The summed E-state index contributed by atoms with van der Waals surface area (Å²) in [4.78, 5) is 11.0. The number of carbonyl (C=O) groups excluding carboxylic acids is 1. The molecule has 0 bridgehead atoms. The minimum Gasteiger partial charge on any atom is -0.504 e. The van der Waals surface area contributed by atoms with Crippen LogP contribution in [0.3, 0.4) is 0 Å². The highest BCUT2D eigenvalue weighted by Crippen LogP contribution is 2.30. The number of aryl methyl sites for hydroxylation is 1. The van der Waals surface area contributed by atoms with Gasteiger partial charge in [0.15, 0.2) is 11.5 Å². The van der Waals surface area contributed by atoms with Gasteiger partial charge in [0.2, 0.25) is 0 Å². The van der Waals surface area contributed by atoms with Crippen molar-refractivity contribution in [2.45, 2.75) is 19.8 Å². The molecule has 0 amide bonds. The van der Waals surface area contributed by atoms with Crippen molar-refractivity contribution in [1.82, 2.24) is 0 Å². The maximum atomic E-state index is 11.0. The number of carbonyl (C=O) groups is 1. The minimum absolute atomic E-state index is 0.0175. The van der Waals surface area contributed by atoms with E-state index in [2.05, 4.69) is 6.58 Å². The van der Waals surface area contributed by atoms with E-state index >= 15 is 0 Å². The van der Waals surface area contributed by atoms with Crippen LogP contribution in [-0.2, 0) is 11.2 Å². The van der Waals surface area contributed by atoms with Crippen LogP contribution in [0.4, 0.5) is 0 Å². The van der Waals surface area contributed by atoms with Gasteiger partial charge in [-0.05, 0) is 18.1 Å². The van der Waals surface area contributed by atoms with Crippen molar-refractivity contribution >= 4 is 5.97 Å². The predicted molar refractivity (Wildman–Crippen MR) is 57.9 cm³/mol. The molecule has 80 valence electrons. The minimum atomic E-state index is -0.561. The van der Waals surface area contributed by atoms with Crippen molar-refractivity contribution < 1.29 is 14.6 Å². The molecule has 15 heavy (non-hydrogen) atoms. The molecule has 1 N–H and O–H groups in total. The largest absolute Gasteiger partial charge is 0.504 e. The first-order valence-electron chi connectivity index (χ1n) is 4.84. The fraction of sp³-hybridized carbons (Fsp3) is 0.250. The van der Waals surface area contributed by atoms with Gasteiger partial charge in [-0.2, -0.15) is 0 Å². The number of phenols is 1. The second-order valence-electron chi connectivity index (χ2n) is 3.14. The Kier molecular flexibility index (Phi) is 3.92. The molecular weight excluding hydrogens is 192 g/mol. The van der Waals surface area contributed by atoms with Crippen LogP contribution in [0.1, 0.15) is 18.9 Å². The van der Waals surface area contributed by atoms with Crippen LogP contribution >= 0.6 is 0 Å². The number of ether oxygens (including phenoxy) is 1. The van der Waals surface area contributed by atoms with Gasteiger partial charge in [-0.1, -0.05) is 32.1 Å². The van der Waals surface area contributed by atoms with Gasteiger partial charge >= 0.3 is 5.97 Å². The molecule has 0 aliphatic heterocycles. The van der Waals surface area contributed by atoms with Gasteiger partial charge in [0.05, 0.1) is 0 Å². The average molecular weight is 206 g/mol. The monoisotopic (exact) mass is 206 g/mol. The predicted octanol–water partition coefficient (Wildman–Crippen LogP) is 2.44. The molecule has 0 spiro atoms. The summed E-state index contributed by atoms with van der Waals surface area (Å²) >= 11 is 0. The van der Waals surface area contributed by atoms with Crippen LogP contribution in [0, 0.1) is 0 Å². The Bertz CT molecular complexity index is 369. The Balaban J connectivity index is 3.01. The molecule has 1 rings (SSSR count). The molecule has 3 nitrogen and oxygen atoms in total. The third-order valence-electron chi connectivity index (χ3n) is 1.96. The van der Waals surface area contributed by atoms with Gasteiger partial charge in [-0.25, -0.2) is 4.79 Å². The zero-order valence-electron chi connectivity index (χ0n) is 8.69. The van der Waals surface area contributed by atoms with E-state index in [-0.39, 0.29) is 11.5 Å². The van der Waals surface area contributed by atoms with E-state index in [4.69, 9.17) is 4.74 Å². The smallest absolute Gasteiger partial charge is 0.335 e. The van der Waals surface area contributed by atoms with E-state index in [1.165, 1.54) is 6.07 Å². The molecule has 1 aromatic rings. The molecule has 0 atom stereocenters. The van der Waals surface area contributed by atoms with Gasteiger partial charge in [0.25, 0.3) is 0 Å². The summed E-state index contributed by atoms with van der Waals surface area (Å²) in [6.07, 6.45) is 2.75. The molecule has 0 aliphatic rings. The Morgan fingerprint density at radius 1 is 1.60 bits per heavy atom. The van der Waals surface area contributed by atoms with Crippen molar-refractivity contribution in [2.75, 3.05) is 0 Å². The summed E-state index contributed by atoms with van der Waals surface area (Å²) in [5.41, 5.74) is 0.827. The Labute approximate surface area is 89.0 Å².